The average molecular weight is 363 g/mol. The summed E-state index contributed by atoms with van der Waals surface area (Å²) in [7, 11) is -2.17. The lowest BCUT2D eigenvalue weighted by Crippen LogP contribution is -2.29. The van der Waals surface area contributed by atoms with Crippen LogP contribution >= 0.6 is 0 Å². The van der Waals surface area contributed by atoms with Crippen molar-refractivity contribution < 1.29 is 17.5 Å². The van der Waals surface area contributed by atoms with Gasteiger partial charge in [-0.3, -0.25) is 0 Å². The van der Waals surface area contributed by atoms with Gasteiger partial charge in [-0.1, -0.05) is 18.2 Å². The first-order valence-corrected chi connectivity index (χ1v) is 9.87. The molecular weight excluding hydrogens is 341 g/mol. The topological polar surface area (TPSA) is 55.4 Å². The van der Waals surface area contributed by atoms with Crippen LogP contribution in [0, 0.1) is 5.82 Å². The van der Waals surface area contributed by atoms with Crippen molar-refractivity contribution in [3.8, 4) is 0 Å². The zero-order chi connectivity index (χ0) is 17.9. The Balaban J connectivity index is 1.74. The van der Waals surface area contributed by atoms with Gasteiger partial charge in [0, 0.05) is 13.7 Å². The van der Waals surface area contributed by atoms with Gasteiger partial charge in [0.2, 0.25) is 10.0 Å². The van der Waals surface area contributed by atoms with Crippen molar-refractivity contribution in [1.29, 1.82) is 0 Å². The van der Waals surface area contributed by atoms with Crippen molar-refractivity contribution in [3.05, 3.63) is 65.0 Å². The number of hydrogen-bond donors (Lipinski definition) is 1. The van der Waals surface area contributed by atoms with Gasteiger partial charge in [0.05, 0.1) is 11.0 Å². The Hall–Kier alpha value is -1.76. The standard InChI is InChI=1S/C19H22FNO3S/c1-24-19(16-7-4-8-17(20)11-16)13-21-25(22,23)18-10-9-14-5-2-3-6-15(14)12-18/h4,7-12,19,21H,2-3,5-6,13H2,1H3. The van der Waals surface area contributed by atoms with E-state index in [1.165, 1.54) is 24.8 Å². The SMILES string of the molecule is COC(CNS(=O)(=O)c1ccc2c(c1)CCCC2)c1cccc(F)c1. The Kier molecular flexibility index (Phi) is 5.51. The lowest BCUT2D eigenvalue weighted by Gasteiger charge is -2.19. The Morgan fingerprint density at radius 1 is 1.12 bits per heavy atom. The van der Waals surface area contributed by atoms with Crippen LogP contribution in [-0.4, -0.2) is 22.1 Å². The van der Waals surface area contributed by atoms with E-state index in [4.69, 9.17) is 4.74 Å². The van der Waals surface area contributed by atoms with Crippen LogP contribution < -0.4 is 4.72 Å². The molecule has 1 N–H and O–H groups in total. The Morgan fingerprint density at radius 2 is 1.88 bits per heavy atom. The largest absolute Gasteiger partial charge is 0.375 e. The Morgan fingerprint density at radius 3 is 2.60 bits per heavy atom. The first-order chi connectivity index (χ1) is 12.0. The fourth-order valence-electron chi connectivity index (χ4n) is 3.19. The molecule has 1 aliphatic carbocycles. The van der Waals surface area contributed by atoms with Crippen LogP contribution in [0.2, 0.25) is 0 Å². The number of benzene rings is 2. The molecule has 0 amide bonds. The highest BCUT2D eigenvalue weighted by atomic mass is 32.2. The molecule has 3 rings (SSSR count). The number of halogens is 1. The summed E-state index contributed by atoms with van der Waals surface area (Å²) in [4.78, 5) is 0.266. The number of fused-ring (bicyclic) bond motifs is 1. The summed E-state index contributed by atoms with van der Waals surface area (Å²) in [6, 6.07) is 11.3. The van der Waals surface area contributed by atoms with Gasteiger partial charge in [0.25, 0.3) is 0 Å². The molecule has 2 aromatic carbocycles. The summed E-state index contributed by atoms with van der Waals surface area (Å²) >= 11 is 0. The van der Waals surface area contributed by atoms with Crippen LogP contribution in [-0.2, 0) is 27.6 Å². The van der Waals surface area contributed by atoms with E-state index in [2.05, 4.69) is 4.72 Å². The van der Waals surface area contributed by atoms with Crippen LogP contribution in [0.3, 0.4) is 0 Å². The third kappa shape index (κ3) is 4.26. The van der Waals surface area contributed by atoms with E-state index in [1.807, 2.05) is 6.07 Å². The van der Waals surface area contributed by atoms with Gasteiger partial charge < -0.3 is 4.74 Å². The molecule has 134 valence electrons. The number of aryl methyl sites for hydroxylation is 2. The van der Waals surface area contributed by atoms with Crippen LogP contribution in [0.5, 0.6) is 0 Å². The maximum absolute atomic E-state index is 13.4. The van der Waals surface area contributed by atoms with Gasteiger partial charge in [0.1, 0.15) is 5.82 Å². The second-order valence-electron chi connectivity index (χ2n) is 6.27. The molecule has 2 aromatic rings. The second-order valence-corrected chi connectivity index (χ2v) is 8.04. The highest BCUT2D eigenvalue weighted by Gasteiger charge is 2.20. The summed E-state index contributed by atoms with van der Waals surface area (Å²) < 4.78 is 46.5. The van der Waals surface area contributed by atoms with Crippen LogP contribution in [0.4, 0.5) is 4.39 Å². The number of hydrogen-bond acceptors (Lipinski definition) is 3. The lowest BCUT2D eigenvalue weighted by molar-refractivity contribution is 0.107. The van der Waals surface area contributed by atoms with Gasteiger partial charge in [-0.15, -0.1) is 0 Å². The Labute approximate surface area is 148 Å². The van der Waals surface area contributed by atoms with Crippen molar-refractivity contribution in [2.24, 2.45) is 0 Å². The second kappa shape index (κ2) is 7.64. The number of sulfonamides is 1. The summed E-state index contributed by atoms with van der Waals surface area (Å²) in [5.74, 6) is -0.378. The molecule has 1 aliphatic rings. The molecule has 0 aromatic heterocycles. The Bertz CT molecular complexity index is 851. The van der Waals surface area contributed by atoms with Gasteiger partial charge in [-0.25, -0.2) is 17.5 Å². The van der Waals surface area contributed by atoms with E-state index in [0.29, 0.717) is 5.56 Å². The molecule has 0 heterocycles. The minimum atomic E-state index is -3.64. The van der Waals surface area contributed by atoms with Gasteiger partial charge >= 0.3 is 0 Å². The quantitative estimate of drug-likeness (QED) is 0.856. The van der Waals surface area contributed by atoms with Crippen molar-refractivity contribution >= 4 is 10.0 Å². The molecule has 0 spiro atoms. The molecule has 0 saturated carbocycles. The summed E-state index contributed by atoms with van der Waals surface area (Å²) in [5.41, 5.74) is 2.94. The van der Waals surface area contributed by atoms with E-state index in [0.717, 1.165) is 31.2 Å². The zero-order valence-corrected chi connectivity index (χ0v) is 15.0. The highest BCUT2D eigenvalue weighted by Crippen LogP contribution is 2.24. The number of methoxy groups -OCH3 is 1. The summed E-state index contributed by atoms with van der Waals surface area (Å²) in [6.45, 7) is 0.0410. The monoisotopic (exact) mass is 363 g/mol. The molecule has 0 bridgehead atoms. The van der Waals surface area contributed by atoms with Crippen molar-refractivity contribution in [2.45, 2.75) is 36.7 Å². The van der Waals surface area contributed by atoms with Crippen LogP contribution in [0.15, 0.2) is 47.4 Å². The van der Waals surface area contributed by atoms with E-state index in [9.17, 15) is 12.8 Å². The maximum atomic E-state index is 13.4. The van der Waals surface area contributed by atoms with Crippen molar-refractivity contribution in [3.63, 3.8) is 0 Å². The first-order valence-electron chi connectivity index (χ1n) is 8.39. The number of ether oxygens (including phenoxy) is 1. The van der Waals surface area contributed by atoms with E-state index in [1.54, 1.807) is 24.3 Å². The summed E-state index contributed by atoms with van der Waals surface area (Å²) in [6.07, 6.45) is 3.62. The fourth-order valence-corrected chi connectivity index (χ4v) is 4.27. The smallest absolute Gasteiger partial charge is 0.240 e. The molecule has 6 heteroatoms. The predicted molar refractivity (Wildman–Crippen MR) is 94.4 cm³/mol. The molecule has 0 aliphatic heterocycles. The molecule has 25 heavy (non-hydrogen) atoms. The molecule has 1 atom stereocenters. The third-order valence-corrected chi connectivity index (χ3v) is 6.02. The molecule has 1 unspecified atom stereocenters. The first kappa shape index (κ1) is 18.0. The number of nitrogens with one attached hydrogen (secondary N) is 1. The minimum absolute atomic E-state index is 0.0410. The van der Waals surface area contributed by atoms with Gasteiger partial charge in [0.15, 0.2) is 0 Å². The highest BCUT2D eigenvalue weighted by molar-refractivity contribution is 7.89. The van der Waals surface area contributed by atoms with Crippen molar-refractivity contribution in [1.82, 2.24) is 4.72 Å². The van der Waals surface area contributed by atoms with E-state index >= 15 is 0 Å². The normalized spacial score (nSPS) is 15.6. The molecule has 0 saturated heterocycles. The number of rotatable bonds is 6. The fraction of sp³-hybridized carbons (Fsp3) is 0.368. The molecule has 4 nitrogen and oxygen atoms in total. The van der Waals surface area contributed by atoms with Crippen molar-refractivity contribution in [2.75, 3.05) is 13.7 Å². The van der Waals surface area contributed by atoms with Gasteiger partial charge in [-0.05, 0) is 66.6 Å². The zero-order valence-electron chi connectivity index (χ0n) is 14.2. The minimum Gasteiger partial charge on any atom is -0.375 e. The van der Waals surface area contributed by atoms with Crippen LogP contribution in [0.25, 0.3) is 0 Å². The summed E-state index contributed by atoms with van der Waals surface area (Å²) in [5, 5.41) is 0. The molecule has 0 fully saturated rings. The molecule has 0 radical (unpaired) electrons. The average Bonchev–Trinajstić information content (AvgIpc) is 2.62. The van der Waals surface area contributed by atoms with Crippen LogP contribution in [0.1, 0.15) is 35.6 Å². The molecular formula is C19H22FNO3S. The lowest BCUT2D eigenvalue weighted by atomic mass is 9.92. The third-order valence-electron chi connectivity index (χ3n) is 4.59. The predicted octanol–water partition coefficient (Wildman–Crippen LogP) is 3.37. The maximum Gasteiger partial charge on any atom is 0.240 e. The van der Waals surface area contributed by atoms with E-state index in [-0.39, 0.29) is 17.3 Å². The van der Waals surface area contributed by atoms with E-state index < -0.39 is 16.1 Å². The van der Waals surface area contributed by atoms with Gasteiger partial charge in [-0.2, -0.15) is 0 Å².